The Morgan fingerprint density at radius 1 is 1.00 bits per heavy atom. The smallest absolute Gasteiger partial charge is 0.331 e. The van der Waals surface area contributed by atoms with Gasteiger partial charge in [-0.05, 0) is 22.8 Å². The zero-order chi connectivity index (χ0) is 22.8. The number of amides is 1. The molecule has 1 fully saturated rings. The Kier molecular flexibility index (Phi) is 8.58. The van der Waals surface area contributed by atoms with Crippen LogP contribution in [-0.4, -0.2) is 57.3 Å². The normalized spacial score (nSPS) is 14.4. The third kappa shape index (κ3) is 7.62. The first-order valence-corrected chi connectivity index (χ1v) is 12.3. The van der Waals surface area contributed by atoms with E-state index in [0.717, 1.165) is 5.56 Å². The number of nitrogens with zero attached hydrogens (tertiary/aromatic N) is 1. The highest BCUT2D eigenvalue weighted by atomic mass is 32.2. The van der Waals surface area contributed by atoms with Gasteiger partial charge in [0.1, 0.15) is 6.61 Å². The molecule has 1 saturated heterocycles. The summed E-state index contributed by atoms with van der Waals surface area (Å²) in [4.78, 5) is 25.9. The van der Waals surface area contributed by atoms with Gasteiger partial charge in [-0.1, -0.05) is 54.6 Å². The van der Waals surface area contributed by atoms with Crippen molar-refractivity contribution in [2.75, 3.05) is 32.1 Å². The lowest BCUT2D eigenvalue weighted by atomic mass is 10.1. The number of hydrogen-bond acceptors (Lipinski definition) is 6. The van der Waals surface area contributed by atoms with Crippen molar-refractivity contribution in [3.05, 3.63) is 77.4 Å². The van der Waals surface area contributed by atoms with Gasteiger partial charge >= 0.3 is 5.97 Å². The highest BCUT2D eigenvalue weighted by molar-refractivity contribution is 7.90. The molecule has 3 rings (SSSR count). The molecule has 0 atom stereocenters. The lowest BCUT2D eigenvalue weighted by molar-refractivity contribution is -0.139. The van der Waals surface area contributed by atoms with Gasteiger partial charge in [-0.15, -0.1) is 0 Å². The second-order valence-corrected chi connectivity index (χ2v) is 9.64. The van der Waals surface area contributed by atoms with Crippen LogP contribution in [-0.2, 0) is 41.3 Å². The maximum absolute atomic E-state index is 12.6. The topological polar surface area (TPSA) is 90.0 Å². The van der Waals surface area contributed by atoms with E-state index < -0.39 is 15.8 Å². The molecule has 0 aromatic heterocycles. The minimum Gasteiger partial charge on any atom is -0.458 e. The van der Waals surface area contributed by atoms with E-state index in [1.165, 1.54) is 6.08 Å². The molecular formula is C24H27NO6S. The fraction of sp³-hybridized carbons (Fsp3) is 0.333. The largest absolute Gasteiger partial charge is 0.458 e. The second-order valence-electron chi connectivity index (χ2n) is 7.46. The van der Waals surface area contributed by atoms with Crippen LogP contribution >= 0.6 is 0 Å². The van der Waals surface area contributed by atoms with Gasteiger partial charge in [0.15, 0.2) is 9.84 Å². The maximum atomic E-state index is 12.6. The van der Waals surface area contributed by atoms with Crippen LogP contribution in [0.5, 0.6) is 0 Å². The molecule has 1 heterocycles. The van der Waals surface area contributed by atoms with Crippen molar-refractivity contribution in [3.8, 4) is 0 Å². The van der Waals surface area contributed by atoms with E-state index in [0.29, 0.717) is 37.4 Å². The number of ether oxygens (including phenoxy) is 2. The van der Waals surface area contributed by atoms with Crippen molar-refractivity contribution >= 4 is 27.8 Å². The van der Waals surface area contributed by atoms with Crippen LogP contribution in [0.15, 0.2) is 60.7 Å². The Balaban J connectivity index is 1.55. The second kappa shape index (κ2) is 11.6. The molecule has 0 saturated carbocycles. The van der Waals surface area contributed by atoms with E-state index in [9.17, 15) is 18.0 Å². The molecule has 0 unspecified atom stereocenters. The lowest BCUT2D eigenvalue weighted by Gasteiger charge is -2.26. The van der Waals surface area contributed by atoms with Crippen LogP contribution in [0.25, 0.3) is 6.08 Å². The molecule has 1 aliphatic heterocycles. The van der Waals surface area contributed by atoms with E-state index >= 15 is 0 Å². The number of benzene rings is 2. The van der Waals surface area contributed by atoms with Gasteiger partial charge in [0.2, 0.25) is 5.91 Å². The summed E-state index contributed by atoms with van der Waals surface area (Å²) in [6, 6.07) is 16.3. The Hall–Kier alpha value is -2.97. The first-order chi connectivity index (χ1) is 15.4. The predicted octanol–water partition coefficient (Wildman–Crippen LogP) is 2.61. The molecule has 0 aliphatic carbocycles. The van der Waals surface area contributed by atoms with Crippen LogP contribution in [0.3, 0.4) is 0 Å². The van der Waals surface area contributed by atoms with Crippen LogP contribution in [0.1, 0.15) is 23.1 Å². The zero-order valence-corrected chi connectivity index (χ0v) is 18.6. The summed E-state index contributed by atoms with van der Waals surface area (Å²) in [5.41, 5.74) is 2.07. The minimum atomic E-state index is -3.50. The summed E-state index contributed by atoms with van der Waals surface area (Å²) in [5, 5.41) is 0. The van der Waals surface area contributed by atoms with Crippen molar-refractivity contribution in [1.29, 1.82) is 0 Å². The summed E-state index contributed by atoms with van der Waals surface area (Å²) < 4.78 is 35.7. The first-order valence-electron chi connectivity index (χ1n) is 10.5. The van der Waals surface area contributed by atoms with Crippen LogP contribution in [0.2, 0.25) is 0 Å². The zero-order valence-electron chi connectivity index (χ0n) is 17.8. The molecule has 0 bridgehead atoms. The van der Waals surface area contributed by atoms with E-state index in [4.69, 9.17) is 9.47 Å². The quantitative estimate of drug-likeness (QED) is 0.425. The van der Waals surface area contributed by atoms with E-state index in [1.54, 1.807) is 35.2 Å². The first kappa shape index (κ1) is 23.7. The average molecular weight is 458 g/mol. The maximum Gasteiger partial charge on any atom is 0.331 e. The SMILES string of the molecule is O=C(/C=C/c1ccccc1CS(=O)(=O)CCC(=O)N1CCOCC1)OCc1ccccc1. The van der Waals surface area contributed by atoms with Crippen LogP contribution < -0.4 is 0 Å². The fourth-order valence-corrected chi connectivity index (χ4v) is 4.65. The average Bonchev–Trinajstić information content (AvgIpc) is 2.82. The number of hydrogen-bond donors (Lipinski definition) is 0. The Bertz CT molecular complexity index is 1040. The fourth-order valence-electron chi connectivity index (χ4n) is 3.29. The highest BCUT2D eigenvalue weighted by Gasteiger charge is 2.21. The molecule has 32 heavy (non-hydrogen) atoms. The number of rotatable bonds is 9. The minimum absolute atomic E-state index is 0.0495. The number of sulfone groups is 1. The Morgan fingerprint density at radius 2 is 1.69 bits per heavy atom. The predicted molar refractivity (Wildman–Crippen MR) is 121 cm³/mol. The molecular weight excluding hydrogens is 430 g/mol. The number of esters is 1. The molecule has 1 aliphatic rings. The van der Waals surface area contributed by atoms with Gasteiger partial charge < -0.3 is 14.4 Å². The summed E-state index contributed by atoms with van der Waals surface area (Å²) in [6.45, 7) is 2.11. The lowest BCUT2D eigenvalue weighted by Crippen LogP contribution is -2.41. The standard InChI is InChI=1S/C24H27NO6S/c26-23(25-13-15-30-16-14-25)12-17-32(28,29)19-22-9-5-4-8-21(22)10-11-24(27)31-18-20-6-2-1-3-7-20/h1-11H,12-19H2/b11-10+. The Labute approximate surface area is 188 Å². The number of carbonyl (C=O) groups is 2. The molecule has 170 valence electrons. The molecule has 0 radical (unpaired) electrons. The molecule has 0 N–H and O–H groups in total. The van der Waals surface area contributed by atoms with Gasteiger partial charge in [-0.3, -0.25) is 4.79 Å². The van der Waals surface area contributed by atoms with Gasteiger partial charge in [-0.2, -0.15) is 0 Å². The van der Waals surface area contributed by atoms with Crippen LogP contribution in [0.4, 0.5) is 0 Å². The third-order valence-corrected chi connectivity index (χ3v) is 6.62. The van der Waals surface area contributed by atoms with Crippen molar-refractivity contribution in [1.82, 2.24) is 4.90 Å². The summed E-state index contributed by atoms with van der Waals surface area (Å²) in [5.74, 6) is -1.11. The molecule has 2 aromatic rings. The van der Waals surface area contributed by atoms with E-state index in [2.05, 4.69) is 0 Å². The number of carbonyl (C=O) groups excluding carboxylic acids is 2. The monoisotopic (exact) mass is 457 g/mol. The Morgan fingerprint density at radius 3 is 2.44 bits per heavy atom. The van der Waals surface area contributed by atoms with Crippen molar-refractivity contribution in [2.45, 2.75) is 18.8 Å². The van der Waals surface area contributed by atoms with Crippen LogP contribution in [0, 0.1) is 0 Å². The molecule has 8 heteroatoms. The summed E-state index contributed by atoms with van der Waals surface area (Å²) >= 11 is 0. The molecule has 0 spiro atoms. The van der Waals surface area contributed by atoms with Gasteiger partial charge in [0, 0.05) is 25.6 Å². The molecule has 1 amide bonds. The van der Waals surface area contributed by atoms with E-state index in [-0.39, 0.29) is 30.4 Å². The van der Waals surface area contributed by atoms with Crippen molar-refractivity contribution in [3.63, 3.8) is 0 Å². The van der Waals surface area contributed by atoms with Crippen molar-refractivity contribution in [2.24, 2.45) is 0 Å². The summed E-state index contributed by atoms with van der Waals surface area (Å²) in [6.07, 6.45) is 2.79. The summed E-state index contributed by atoms with van der Waals surface area (Å²) in [7, 11) is -3.50. The van der Waals surface area contributed by atoms with Gasteiger partial charge in [0.25, 0.3) is 0 Å². The van der Waals surface area contributed by atoms with Gasteiger partial charge in [0.05, 0.1) is 24.7 Å². The third-order valence-electron chi connectivity index (χ3n) is 5.04. The molecule has 2 aromatic carbocycles. The highest BCUT2D eigenvalue weighted by Crippen LogP contribution is 2.16. The van der Waals surface area contributed by atoms with E-state index in [1.807, 2.05) is 30.3 Å². The number of morpholine rings is 1. The molecule has 7 nitrogen and oxygen atoms in total. The van der Waals surface area contributed by atoms with Crippen molar-refractivity contribution < 1.29 is 27.5 Å². The van der Waals surface area contributed by atoms with Gasteiger partial charge in [-0.25, -0.2) is 13.2 Å².